The van der Waals surface area contributed by atoms with Gasteiger partial charge in [-0.25, -0.2) is 0 Å². The van der Waals surface area contributed by atoms with Crippen LogP contribution in [0.5, 0.6) is 0 Å². The average molecular weight is 284 g/mol. The maximum Gasteiger partial charge on any atom is 0.316 e. The highest BCUT2D eigenvalue weighted by Crippen LogP contribution is 2.23. The number of nitrogens with zero attached hydrogens (tertiary/aromatic N) is 2. The minimum Gasteiger partial charge on any atom is -0.480 e. The second-order valence-corrected chi connectivity index (χ2v) is 5.54. The number of hydrogen-bond donors (Lipinski definition) is 1. The molecule has 2 rings (SSSR count). The van der Waals surface area contributed by atoms with Crippen molar-refractivity contribution in [3.8, 4) is 11.5 Å². The van der Waals surface area contributed by atoms with Crippen LogP contribution in [0.2, 0.25) is 0 Å². The fraction of sp³-hybridized carbons (Fsp3) is 0.364. The van der Waals surface area contributed by atoms with E-state index in [-0.39, 0.29) is 0 Å². The topological polar surface area (TPSA) is 76.2 Å². The summed E-state index contributed by atoms with van der Waals surface area (Å²) in [5.41, 5.74) is 0.897. The maximum atomic E-state index is 10.9. The summed E-state index contributed by atoms with van der Waals surface area (Å²) < 4.78 is 5.12. The van der Waals surface area contributed by atoms with E-state index in [1.165, 1.54) is 11.8 Å². The molecule has 0 aliphatic carbocycles. The first-order chi connectivity index (χ1) is 8.70. The van der Waals surface area contributed by atoms with Gasteiger partial charge in [0, 0.05) is 5.38 Å². The summed E-state index contributed by atoms with van der Waals surface area (Å²) in [5.74, 6) is 0.651. The molecule has 2 aromatic rings. The third-order valence-corrected chi connectivity index (χ3v) is 4.34. The number of rotatable bonds is 6. The molecule has 0 saturated carbocycles. The van der Waals surface area contributed by atoms with Gasteiger partial charge in [0.2, 0.25) is 0 Å². The maximum absolute atomic E-state index is 10.9. The highest BCUT2D eigenvalue weighted by atomic mass is 32.2. The highest BCUT2D eigenvalue weighted by Gasteiger charge is 2.17. The Morgan fingerprint density at radius 1 is 1.67 bits per heavy atom. The summed E-state index contributed by atoms with van der Waals surface area (Å²) in [6.45, 7) is 1.85. The van der Waals surface area contributed by atoms with Crippen molar-refractivity contribution in [3.05, 3.63) is 22.7 Å². The van der Waals surface area contributed by atoms with Crippen molar-refractivity contribution in [2.24, 2.45) is 0 Å². The monoisotopic (exact) mass is 284 g/mol. The van der Waals surface area contributed by atoms with Crippen molar-refractivity contribution < 1.29 is 14.4 Å². The van der Waals surface area contributed by atoms with Crippen LogP contribution < -0.4 is 0 Å². The molecule has 0 aromatic carbocycles. The van der Waals surface area contributed by atoms with Crippen LogP contribution in [0.25, 0.3) is 11.5 Å². The van der Waals surface area contributed by atoms with E-state index in [9.17, 15) is 4.79 Å². The molecule has 0 saturated heterocycles. The van der Waals surface area contributed by atoms with Crippen molar-refractivity contribution in [3.63, 3.8) is 0 Å². The summed E-state index contributed by atoms with van der Waals surface area (Å²) in [5, 5.41) is 16.2. The van der Waals surface area contributed by atoms with Crippen LogP contribution in [0.15, 0.2) is 21.3 Å². The Morgan fingerprint density at radius 3 is 3.11 bits per heavy atom. The Bertz CT molecular complexity index is 510. The summed E-state index contributed by atoms with van der Waals surface area (Å²) in [6, 6.07) is 1.90. The lowest BCUT2D eigenvalue weighted by Gasteiger charge is -2.06. The normalized spacial score (nSPS) is 12.5. The molecule has 1 N–H and O–H groups in total. The van der Waals surface area contributed by atoms with Crippen molar-refractivity contribution in [2.45, 2.75) is 24.3 Å². The van der Waals surface area contributed by atoms with Gasteiger partial charge in [0.1, 0.15) is 5.25 Å². The van der Waals surface area contributed by atoms with Gasteiger partial charge in [-0.3, -0.25) is 4.79 Å². The van der Waals surface area contributed by atoms with Crippen molar-refractivity contribution in [1.29, 1.82) is 0 Å². The average Bonchev–Trinajstić information content (AvgIpc) is 2.99. The first-order valence-electron chi connectivity index (χ1n) is 5.40. The molecule has 96 valence electrons. The number of hydrogen-bond acceptors (Lipinski definition) is 6. The van der Waals surface area contributed by atoms with Crippen LogP contribution >= 0.6 is 23.1 Å². The Hall–Kier alpha value is -1.34. The number of carboxylic acid groups (broad SMARTS) is 1. The smallest absolute Gasteiger partial charge is 0.316 e. The molecule has 0 fully saturated rings. The summed E-state index contributed by atoms with van der Waals surface area (Å²) in [4.78, 5) is 15.1. The number of thioether (sulfide) groups is 1. The lowest BCUT2D eigenvalue weighted by molar-refractivity contribution is -0.136. The largest absolute Gasteiger partial charge is 0.480 e. The molecule has 0 radical (unpaired) electrons. The third kappa shape index (κ3) is 3.11. The lowest BCUT2D eigenvalue weighted by Crippen LogP contribution is -2.15. The van der Waals surface area contributed by atoms with E-state index >= 15 is 0 Å². The Balaban J connectivity index is 1.97. The third-order valence-electron chi connectivity index (χ3n) is 2.30. The van der Waals surface area contributed by atoms with E-state index in [4.69, 9.17) is 9.63 Å². The quantitative estimate of drug-likeness (QED) is 0.879. The van der Waals surface area contributed by atoms with Gasteiger partial charge in [0.25, 0.3) is 5.89 Å². The van der Waals surface area contributed by atoms with Crippen molar-refractivity contribution >= 4 is 29.1 Å². The molecule has 2 aromatic heterocycles. The van der Waals surface area contributed by atoms with E-state index in [0.717, 1.165) is 5.56 Å². The van der Waals surface area contributed by atoms with Crippen LogP contribution in [-0.2, 0) is 10.5 Å². The van der Waals surface area contributed by atoms with Gasteiger partial charge < -0.3 is 9.63 Å². The summed E-state index contributed by atoms with van der Waals surface area (Å²) in [7, 11) is 0. The molecule has 1 atom stereocenters. The van der Waals surface area contributed by atoms with E-state index in [1.54, 1.807) is 11.3 Å². The predicted octanol–water partition coefficient (Wildman–Crippen LogP) is 2.89. The van der Waals surface area contributed by atoms with Crippen LogP contribution in [0.1, 0.15) is 19.2 Å². The molecule has 18 heavy (non-hydrogen) atoms. The lowest BCUT2D eigenvalue weighted by atomic mass is 10.3. The Morgan fingerprint density at radius 2 is 2.50 bits per heavy atom. The molecule has 0 amide bonds. The van der Waals surface area contributed by atoms with E-state index in [2.05, 4.69) is 10.1 Å². The number of carboxylic acids is 1. The van der Waals surface area contributed by atoms with Gasteiger partial charge in [-0.2, -0.15) is 16.3 Å². The number of aromatic nitrogens is 2. The minimum absolute atomic E-state index is 0.423. The van der Waals surface area contributed by atoms with Gasteiger partial charge in [0.05, 0.1) is 11.3 Å². The second kappa shape index (κ2) is 6.01. The fourth-order valence-electron chi connectivity index (χ4n) is 1.35. The molecule has 0 aliphatic heterocycles. The van der Waals surface area contributed by atoms with Crippen LogP contribution in [-0.4, -0.2) is 26.5 Å². The van der Waals surface area contributed by atoms with Crippen LogP contribution in [0.3, 0.4) is 0 Å². The summed E-state index contributed by atoms with van der Waals surface area (Å²) >= 11 is 2.87. The van der Waals surface area contributed by atoms with Crippen LogP contribution in [0.4, 0.5) is 0 Å². The molecular formula is C11H12N2O3S2. The number of aliphatic carboxylic acids is 1. The SMILES string of the molecule is CCC(SCc1noc(-c2ccsc2)n1)C(=O)O. The van der Waals surface area contributed by atoms with Gasteiger partial charge >= 0.3 is 5.97 Å². The van der Waals surface area contributed by atoms with Gasteiger partial charge in [-0.05, 0) is 17.9 Å². The number of carbonyl (C=O) groups is 1. The van der Waals surface area contributed by atoms with Gasteiger partial charge in [0.15, 0.2) is 5.82 Å². The minimum atomic E-state index is -0.802. The predicted molar refractivity (Wildman–Crippen MR) is 70.6 cm³/mol. The highest BCUT2D eigenvalue weighted by molar-refractivity contribution is 7.99. The van der Waals surface area contributed by atoms with Crippen LogP contribution in [0, 0.1) is 0 Å². The molecule has 0 bridgehead atoms. The molecule has 0 aliphatic rings. The van der Waals surface area contributed by atoms with Gasteiger partial charge in [-0.15, -0.1) is 11.8 Å². The molecule has 1 unspecified atom stereocenters. The van der Waals surface area contributed by atoms with E-state index < -0.39 is 11.2 Å². The fourth-order valence-corrected chi connectivity index (χ4v) is 2.83. The molecule has 7 heteroatoms. The Kier molecular flexibility index (Phi) is 4.38. The zero-order chi connectivity index (χ0) is 13.0. The Labute approximate surface area is 112 Å². The summed E-state index contributed by atoms with van der Waals surface area (Å²) in [6.07, 6.45) is 0.579. The first kappa shape index (κ1) is 13.1. The molecule has 5 nitrogen and oxygen atoms in total. The van der Waals surface area contributed by atoms with Crippen molar-refractivity contribution in [1.82, 2.24) is 10.1 Å². The first-order valence-corrected chi connectivity index (χ1v) is 7.39. The molecular weight excluding hydrogens is 272 g/mol. The zero-order valence-electron chi connectivity index (χ0n) is 9.70. The molecule has 2 heterocycles. The van der Waals surface area contributed by atoms with E-state index in [0.29, 0.717) is 23.9 Å². The number of thiophene rings is 1. The molecule has 0 spiro atoms. The van der Waals surface area contributed by atoms with E-state index in [1.807, 2.05) is 23.8 Å². The van der Waals surface area contributed by atoms with Crippen molar-refractivity contribution in [2.75, 3.05) is 0 Å². The second-order valence-electron chi connectivity index (χ2n) is 3.57. The standard InChI is InChI=1S/C11H12N2O3S2/c1-2-8(11(14)15)18-6-9-12-10(16-13-9)7-3-4-17-5-7/h3-5,8H,2,6H2,1H3,(H,14,15). The zero-order valence-corrected chi connectivity index (χ0v) is 11.3. The van der Waals surface area contributed by atoms with Gasteiger partial charge in [-0.1, -0.05) is 12.1 Å².